The Hall–Kier alpha value is -0.400. The van der Waals surface area contributed by atoms with E-state index in [1.54, 1.807) is 19.9 Å². The summed E-state index contributed by atoms with van der Waals surface area (Å²) >= 11 is 0. The van der Waals surface area contributed by atoms with Crippen LogP contribution in [-0.4, -0.2) is 5.92 Å². The summed E-state index contributed by atoms with van der Waals surface area (Å²) < 4.78 is 26.1. The number of alkyl halides is 2. The molecule has 0 aliphatic heterocycles. The van der Waals surface area contributed by atoms with Crippen molar-refractivity contribution in [3.8, 4) is 0 Å². The standard InChI is InChI=1S/C12H22F2/c1-4-5-6-7-8-9-10-12(13,14)11(2)3/h9-11H,4-8H2,1-3H3/b10-9+. The highest BCUT2D eigenvalue weighted by atomic mass is 19.3. The molecule has 0 aromatic heterocycles. The highest BCUT2D eigenvalue weighted by Gasteiger charge is 2.28. The van der Waals surface area contributed by atoms with Crippen molar-refractivity contribution < 1.29 is 8.78 Å². The van der Waals surface area contributed by atoms with Crippen LogP contribution in [0.2, 0.25) is 0 Å². The first-order valence-electron chi connectivity index (χ1n) is 5.56. The number of rotatable bonds is 7. The van der Waals surface area contributed by atoms with Gasteiger partial charge in [0.2, 0.25) is 0 Å². The van der Waals surface area contributed by atoms with Crippen LogP contribution < -0.4 is 0 Å². The lowest BCUT2D eigenvalue weighted by atomic mass is 10.0. The predicted molar refractivity (Wildman–Crippen MR) is 57.7 cm³/mol. The molecule has 0 aliphatic carbocycles. The van der Waals surface area contributed by atoms with Crippen LogP contribution >= 0.6 is 0 Å². The van der Waals surface area contributed by atoms with Crippen molar-refractivity contribution in [2.75, 3.05) is 0 Å². The van der Waals surface area contributed by atoms with Gasteiger partial charge in [-0.3, -0.25) is 0 Å². The zero-order chi connectivity index (χ0) is 11.0. The van der Waals surface area contributed by atoms with Gasteiger partial charge in [-0.15, -0.1) is 0 Å². The molecule has 0 amide bonds. The highest BCUT2D eigenvalue weighted by Crippen LogP contribution is 2.25. The zero-order valence-corrected chi connectivity index (χ0v) is 9.52. The van der Waals surface area contributed by atoms with Crippen molar-refractivity contribution in [3.63, 3.8) is 0 Å². The van der Waals surface area contributed by atoms with Gasteiger partial charge in [0, 0.05) is 5.92 Å². The molecular formula is C12H22F2. The van der Waals surface area contributed by atoms with Crippen LogP contribution in [0.3, 0.4) is 0 Å². The van der Waals surface area contributed by atoms with E-state index in [1.165, 1.54) is 12.8 Å². The average molecular weight is 204 g/mol. The maximum absolute atomic E-state index is 13.0. The third-order valence-electron chi connectivity index (χ3n) is 2.33. The molecule has 0 fully saturated rings. The van der Waals surface area contributed by atoms with E-state index in [4.69, 9.17) is 0 Å². The molecule has 0 aromatic carbocycles. The van der Waals surface area contributed by atoms with E-state index in [0.29, 0.717) is 0 Å². The van der Waals surface area contributed by atoms with E-state index in [1.807, 2.05) is 0 Å². The van der Waals surface area contributed by atoms with Gasteiger partial charge in [0.15, 0.2) is 0 Å². The van der Waals surface area contributed by atoms with Crippen molar-refractivity contribution in [2.24, 2.45) is 5.92 Å². The van der Waals surface area contributed by atoms with E-state index in [0.717, 1.165) is 25.3 Å². The molecule has 0 aliphatic rings. The molecule has 0 N–H and O–H groups in total. The van der Waals surface area contributed by atoms with E-state index >= 15 is 0 Å². The predicted octanol–water partition coefficient (Wildman–Crippen LogP) is 4.80. The Labute approximate surface area is 86.4 Å². The number of hydrogen-bond donors (Lipinski definition) is 0. The Morgan fingerprint density at radius 1 is 1.14 bits per heavy atom. The van der Waals surface area contributed by atoms with E-state index < -0.39 is 11.8 Å². The van der Waals surface area contributed by atoms with E-state index in [-0.39, 0.29) is 0 Å². The Bertz CT molecular complexity index is 160. The number of unbranched alkanes of at least 4 members (excludes halogenated alkanes) is 4. The van der Waals surface area contributed by atoms with Crippen LogP contribution in [0.1, 0.15) is 52.9 Å². The third kappa shape index (κ3) is 6.11. The van der Waals surface area contributed by atoms with Gasteiger partial charge in [0.1, 0.15) is 0 Å². The minimum absolute atomic E-state index is 0.602. The van der Waals surface area contributed by atoms with Crippen LogP contribution in [-0.2, 0) is 0 Å². The van der Waals surface area contributed by atoms with Gasteiger partial charge >= 0.3 is 0 Å². The molecule has 0 atom stereocenters. The van der Waals surface area contributed by atoms with Gasteiger partial charge in [-0.1, -0.05) is 46.1 Å². The minimum Gasteiger partial charge on any atom is -0.202 e. The molecule has 0 heterocycles. The first-order valence-corrected chi connectivity index (χ1v) is 5.56. The molecule has 84 valence electrons. The normalized spacial score (nSPS) is 13.0. The first kappa shape index (κ1) is 13.6. The van der Waals surface area contributed by atoms with Crippen molar-refractivity contribution in [1.29, 1.82) is 0 Å². The smallest absolute Gasteiger partial charge is 0.202 e. The molecule has 0 unspecified atom stereocenters. The Morgan fingerprint density at radius 3 is 2.29 bits per heavy atom. The summed E-state index contributed by atoms with van der Waals surface area (Å²) in [5.74, 6) is -3.24. The van der Waals surface area contributed by atoms with Gasteiger partial charge in [-0.2, -0.15) is 0 Å². The quantitative estimate of drug-likeness (QED) is 0.412. The zero-order valence-electron chi connectivity index (χ0n) is 9.52. The maximum atomic E-state index is 13.0. The van der Waals surface area contributed by atoms with Crippen LogP contribution in [0.15, 0.2) is 12.2 Å². The topological polar surface area (TPSA) is 0 Å². The summed E-state index contributed by atoms with van der Waals surface area (Å²) in [6, 6.07) is 0. The molecule has 0 rings (SSSR count). The number of allylic oxidation sites excluding steroid dienone is 2. The molecule has 0 bridgehead atoms. The van der Waals surface area contributed by atoms with Crippen LogP contribution in [0, 0.1) is 5.92 Å². The van der Waals surface area contributed by atoms with E-state index in [9.17, 15) is 8.78 Å². The van der Waals surface area contributed by atoms with Crippen LogP contribution in [0.25, 0.3) is 0 Å². The van der Waals surface area contributed by atoms with Crippen molar-refractivity contribution >= 4 is 0 Å². The Morgan fingerprint density at radius 2 is 1.79 bits per heavy atom. The Balaban J connectivity index is 3.61. The van der Waals surface area contributed by atoms with E-state index in [2.05, 4.69) is 6.92 Å². The summed E-state index contributed by atoms with van der Waals surface area (Å²) in [6.07, 6.45) is 8.02. The number of hydrogen-bond acceptors (Lipinski definition) is 0. The third-order valence-corrected chi connectivity index (χ3v) is 2.33. The minimum atomic E-state index is -2.63. The highest BCUT2D eigenvalue weighted by molar-refractivity contribution is 4.96. The van der Waals surface area contributed by atoms with Crippen molar-refractivity contribution in [2.45, 2.75) is 58.8 Å². The summed E-state index contributed by atoms with van der Waals surface area (Å²) in [5, 5.41) is 0. The van der Waals surface area contributed by atoms with Gasteiger partial charge in [0.25, 0.3) is 5.92 Å². The lowest BCUT2D eigenvalue weighted by Crippen LogP contribution is -2.20. The molecule has 0 spiro atoms. The largest absolute Gasteiger partial charge is 0.268 e. The lowest BCUT2D eigenvalue weighted by Gasteiger charge is -2.15. The molecule has 0 nitrogen and oxygen atoms in total. The van der Waals surface area contributed by atoms with Gasteiger partial charge in [-0.05, 0) is 18.9 Å². The van der Waals surface area contributed by atoms with Crippen LogP contribution in [0.5, 0.6) is 0 Å². The lowest BCUT2D eigenvalue weighted by molar-refractivity contribution is 0.00602. The maximum Gasteiger partial charge on any atom is 0.268 e. The van der Waals surface area contributed by atoms with Crippen molar-refractivity contribution in [3.05, 3.63) is 12.2 Å². The second-order valence-electron chi connectivity index (χ2n) is 4.08. The molecular weight excluding hydrogens is 182 g/mol. The molecule has 2 heteroatoms. The van der Waals surface area contributed by atoms with Gasteiger partial charge in [-0.25, -0.2) is 8.78 Å². The summed E-state index contributed by atoms with van der Waals surface area (Å²) in [7, 11) is 0. The molecule has 0 saturated heterocycles. The summed E-state index contributed by atoms with van der Waals surface area (Å²) in [6.45, 7) is 5.23. The second kappa shape index (κ2) is 6.97. The SMILES string of the molecule is CCCCCC/C=C/C(F)(F)C(C)C. The molecule has 14 heavy (non-hydrogen) atoms. The average Bonchev–Trinajstić information content (AvgIpc) is 2.10. The fourth-order valence-corrected chi connectivity index (χ4v) is 1.12. The molecule has 0 aromatic rings. The fraction of sp³-hybridized carbons (Fsp3) is 0.833. The molecule has 0 radical (unpaired) electrons. The first-order chi connectivity index (χ1) is 6.50. The monoisotopic (exact) mass is 204 g/mol. The molecule has 0 saturated carbocycles. The second-order valence-corrected chi connectivity index (χ2v) is 4.08. The van der Waals surface area contributed by atoms with Gasteiger partial charge in [0.05, 0.1) is 0 Å². The van der Waals surface area contributed by atoms with Crippen molar-refractivity contribution in [1.82, 2.24) is 0 Å². The number of halogens is 2. The van der Waals surface area contributed by atoms with Crippen LogP contribution in [0.4, 0.5) is 8.78 Å². The Kier molecular flexibility index (Phi) is 6.77. The van der Waals surface area contributed by atoms with Gasteiger partial charge < -0.3 is 0 Å². The summed E-state index contributed by atoms with van der Waals surface area (Å²) in [5.41, 5.74) is 0. The fourth-order valence-electron chi connectivity index (χ4n) is 1.12. The summed E-state index contributed by atoms with van der Waals surface area (Å²) in [4.78, 5) is 0.